The number of hydrogen-bond donors (Lipinski definition) is 2. The summed E-state index contributed by atoms with van der Waals surface area (Å²) in [7, 11) is 0. The minimum absolute atomic E-state index is 0.0277. The molecule has 1 fully saturated rings. The largest absolute Gasteiger partial charge is 0.354 e. The van der Waals surface area contributed by atoms with E-state index < -0.39 is 0 Å². The summed E-state index contributed by atoms with van der Waals surface area (Å²) in [5.41, 5.74) is 7.26. The molecule has 1 heterocycles. The predicted octanol–water partition coefficient (Wildman–Crippen LogP) is 3.34. The SMILES string of the molecule is CCC1CCCN(C(C)(C)CNC(=O)C(C)C(N)c2ccccc2)C1. The fourth-order valence-corrected chi connectivity index (χ4v) is 3.65. The maximum absolute atomic E-state index is 12.6. The molecule has 0 aromatic heterocycles. The Kier molecular flexibility index (Phi) is 7.03. The van der Waals surface area contributed by atoms with Crippen molar-refractivity contribution in [2.45, 2.75) is 58.5 Å². The van der Waals surface area contributed by atoms with E-state index in [1.807, 2.05) is 37.3 Å². The van der Waals surface area contributed by atoms with Crippen LogP contribution in [0.15, 0.2) is 30.3 Å². The van der Waals surface area contributed by atoms with E-state index in [1.165, 1.54) is 19.3 Å². The Bertz CT molecular complexity index is 543. The molecule has 3 atom stereocenters. The van der Waals surface area contributed by atoms with Gasteiger partial charge in [0.2, 0.25) is 5.91 Å². The van der Waals surface area contributed by atoms with E-state index in [1.54, 1.807) is 0 Å². The highest BCUT2D eigenvalue weighted by Gasteiger charge is 2.32. The molecular formula is C21H35N3O. The first-order valence-corrected chi connectivity index (χ1v) is 9.68. The van der Waals surface area contributed by atoms with Crippen LogP contribution in [0.4, 0.5) is 0 Å². The van der Waals surface area contributed by atoms with E-state index in [0.29, 0.717) is 6.54 Å². The number of nitrogens with zero attached hydrogens (tertiary/aromatic N) is 1. The highest BCUT2D eigenvalue weighted by atomic mass is 16.1. The van der Waals surface area contributed by atoms with Crippen molar-refractivity contribution in [3.05, 3.63) is 35.9 Å². The topological polar surface area (TPSA) is 58.4 Å². The van der Waals surface area contributed by atoms with Gasteiger partial charge in [-0.25, -0.2) is 0 Å². The molecule has 3 unspecified atom stereocenters. The van der Waals surface area contributed by atoms with Crippen LogP contribution in [0, 0.1) is 11.8 Å². The number of nitrogens with two attached hydrogens (primary N) is 1. The van der Waals surface area contributed by atoms with Crippen LogP contribution < -0.4 is 11.1 Å². The van der Waals surface area contributed by atoms with Gasteiger partial charge in [-0.15, -0.1) is 0 Å². The molecular weight excluding hydrogens is 310 g/mol. The summed E-state index contributed by atoms with van der Waals surface area (Å²) in [6, 6.07) is 9.58. The van der Waals surface area contributed by atoms with Gasteiger partial charge in [0.05, 0.1) is 5.92 Å². The lowest BCUT2D eigenvalue weighted by Gasteiger charge is -2.43. The van der Waals surface area contributed by atoms with Gasteiger partial charge in [-0.2, -0.15) is 0 Å². The second kappa shape index (κ2) is 8.81. The van der Waals surface area contributed by atoms with Crippen molar-refractivity contribution in [2.75, 3.05) is 19.6 Å². The van der Waals surface area contributed by atoms with E-state index in [9.17, 15) is 4.79 Å². The van der Waals surface area contributed by atoms with Crippen LogP contribution in [-0.4, -0.2) is 36.0 Å². The highest BCUT2D eigenvalue weighted by molar-refractivity contribution is 5.79. The van der Waals surface area contributed by atoms with Crippen LogP contribution in [0.25, 0.3) is 0 Å². The van der Waals surface area contributed by atoms with Crippen LogP contribution in [-0.2, 0) is 4.79 Å². The van der Waals surface area contributed by atoms with Gasteiger partial charge in [0.15, 0.2) is 0 Å². The molecule has 0 saturated carbocycles. The zero-order valence-electron chi connectivity index (χ0n) is 16.3. The van der Waals surface area contributed by atoms with Crippen molar-refractivity contribution in [1.29, 1.82) is 0 Å². The van der Waals surface area contributed by atoms with Gasteiger partial charge in [0, 0.05) is 24.7 Å². The molecule has 1 aliphatic rings. The summed E-state index contributed by atoms with van der Waals surface area (Å²) >= 11 is 0. The predicted molar refractivity (Wildman–Crippen MR) is 104 cm³/mol. The minimum atomic E-state index is -0.274. The maximum atomic E-state index is 12.6. The standard InChI is InChI=1S/C21H35N3O/c1-5-17-10-9-13-24(14-17)21(3,4)15-23-20(25)16(2)19(22)18-11-7-6-8-12-18/h6-8,11-12,16-17,19H,5,9-10,13-15,22H2,1-4H3,(H,23,25). The number of likely N-dealkylation sites (tertiary alicyclic amines) is 1. The number of hydrogen-bond acceptors (Lipinski definition) is 3. The summed E-state index contributed by atoms with van der Waals surface area (Å²) in [4.78, 5) is 15.1. The van der Waals surface area contributed by atoms with Crippen LogP contribution in [0.2, 0.25) is 0 Å². The van der Waals surface area contributed by atoms with E-state index in [2.05, 4.69) is 31.0 Å². The van der Waals surface area contributed by atoms with E-state index in [0.717, 1.165) is 24.6 Å². The Balaban J connectivity index is 1.89. The molecule has 1 aromatic rings. The third-order valence-electron chi connectivity index (χ3n) is 5.78. The smallest absolute Gasteiger partial charge is 0.224 e. The Hall–Kier alpha value is -1.39. The molecule has 1 aromatic carbocycles. The number of rotatable bonds is 7. The molecule has 140 valence electrons. The van der Waals surface area contributed by atoms with Gasteiger partial charge in [-0.3, -0.25) is 9.69 Å². The number of carbonyl (C=O) groups is 1. The highest BCUT2D eigenvalue weighted by Crippen LogP contribution is 2.26. The molecule has 1 saturated heterocycles. The third-order valence-corrected chi connectivity index (χ3v) is 5.78. The average molecular weight is 346 g/mol. The molecule has 1 aliphatic heterocycles. The molecule has 4 nitrogen and oxygen atoms in total. The first-order chi connectivity index (χ1) is 11.8. The van der Waals surface area contributed by atoms with E-state index >= 15 is 0 Å². The van der Waals surface area contributed by atoms with Gasteiger partial charge in [0.25, 0.3) is 0 Å². The number of benzene rings is 1. The minimum Gasteiger partial charge on any atom is -0.354 e. The maximum Gasteiger partial charge on any atom is 0.224 e. The zero-order valence-corrected chi connectivity index (χ0v) is 16.3. The summed E-state index contributed by atoms with van der Waals surface area (Å²) in [5, 5.41) is 3.14. The molecule has 0 spiro atoms. The van der Waals surface area contributed by atoms with Crippen LogP contribution >= 0.6 is 0 Å². The number of piperidine rings is 1. The Morgan fingerprint density at radius 1 is 1.36 bits per heavy atom. The second-order valence-corrected chi connectivity index (χ2v) is 8.12. The molecule has 1 amide bonds. The molecule has 4 heteroatoms. The number of nitrogens with one attached hydrogen (secondary N) is 1. The molecule has 25 heavy (non-hydrogen) atoms. The van der Waals surface area contributed by atoms with Crippen molar-refractivity contribution in [3.63, 3.8) is 0 Å². The lowest BCUT2D eigenvalue weighted by atomic mass is 9.90. The number of carbonyl (C=O) groups excluding carboxylic acids is 1. The van der Waals surface area contributed by atoms with Gasteiger partial charge < -0.3 is 11.1 Å². The molecule has 0 radical (unpaired) electrons. The Morgan fingerprint density at radius 3 is 2.68 bits per heavy atom. The van der Waals surface area contributed by atoms with Crippen molar-refractivity contribution < 1.29 is 4.79 Å². The zero-order chi connectivity index (χ0) is 18.4. The average Bonchev–Trinajstić information content (AvgIpc) is 2.65. The van der Waals surface area contributed by atoms with E-state index in [-0.39, 0.29) is 23.4 Å². The van der Waals surface area contributed by atoms with Gasteiger partial charge in [0.1, 0.15) is 0 Å². The summed E-state index contributed by atoms with van der Waals surface area (Å²) in [6.07, 6.45) is 3.82. The number of amides is 1. The Morgan fingerprint density at radius 2 is 2.04 bits per heavy atom. The quantitative estimate of drug-likeness (QED) is 0.797. The molecule has 0 bridgehead atoms. The first kappa shape index (κ1) is 19.9. The van der Waals surface area contributed by atoms with Crippen molar-refractivity contribution in [3.8, 4) is 0 Å². The lowest BCUT2D eigenvalue weighted by molar-refractivity contribution is -0.125. The van der Waals surface area contributed by atoms with Crippen LogP contribution in [0.1, 0.15) is 58.6 Å². The molecule has 0 aliphatic carbocycles. The van der Waals surface area contributed by atoms with Gasteiger partial charge >= 0.3 is 0 Å². The monoisotopic (exact) mass is 345 g/mol. The fourth-order valence-electron chi connectivity index (χ4n) is 3.65. The van der Waals surface area contributed by atoms with Crippen LogP contribution in [0.3, 0.4) is 0 Å². The Labute approximate surface area is 153 Å². The van der Waals surface area contributed by atoms with Crippen molar-refractivity contribution >= 4 is 5.91 Å². The molecule has 2 rings (SSSR count). The van der Waals surface area contributed by atoms with E-state index in [4.69, 9.17) is 5.73 Å². The van der Waals surface area contributed by atoms with Crippen molar-refractivity contribution in [1.82, 2.24) is 10.2 Å². The third kappa shape index (κ3) is 5.29. The summed E-state index contributed by atoms with van der Waals surface area (Å²) in [6.45, 7) is 11.6. The summed E-state index contributed by atoms with van der Waals surface area (Å²) in [5.74, 6) is 0.575. The van der Waals surface area contributed by atoms with Gasteiger partial charge in [-0.05, 0) is 44.7 Å². The van der Waals surface area contributed by atoms with Crippen molar-refractivity contribution in [2.24, 2.45) is 17.6 Å². The lowest BCUT2D eigenvalue weighted by Crippen LogP contribution is -2.55. The van der Waals surface area contributed by atoms with Crippen LogP contribution in [0.5, 0.6) is 0 Å². The fraction of sp³-hybridized carbons (Fsp3) is 0.667. The first-order valence-electron chi connectivity index (χ1n) is 9.68. The van der Waals surface area contributed by atoms with Gasteiger partial charge in [-0.1, -0.05) is 50.6 Å². The second-order valence-electron chi connectivity index (χ2n) is 8.12. The summed E-state index contributed by atoms with van der Waals surface area (Å²) < 4.78 is 0. The normalized spacial score (nSPS) is 21.6. The molecule has 3 N–H and O–H groups in total.